The Morgan fingerprint density at radius 1 is 0.879 bits per heavy atom. The van der Waals surface area contributed by atoms with Crippen molar-refractivity contribution in [3.05, 3.63) is 98.1 Å². The van der Waals surface area contributed by atoms with Crippen molar-refractivity contribution >= 4 is 46.3 Å². The van der Waals surface area contributed by atoms with E-state index in [9.17, 15) is 29.8 Å². The summed E-state index contributed by atoms with van der Waals surface area (Å²) in [6, 6.07) is 16.4. The van der Waals surface area contributed by atoms with Gasteiger partial charge in [0, 0.05) is 40.4 Å². The lowest BCUT2D eigenvalue weighted by Gasteiger charge is -2.09. The zero-order valence-corrected chi connectivity index (χ0v) is 18.1. The fourth-order valence-corrected chi connectivity index (χ4v) is 3.58. The number of rotatable bonds is 8. The molecule has 0 bridgehead atoms. The fourth-order valence-electron chi connectivity index (χ4n) is 2.82. The van der Waals surface area contributed by atoms with E-state index in [0.29, 0.717) is 21.8 Å². The van der Waals surface area contributed by atoms with Gasteiger partial charge in [-0.1, -0.05) is 18.2 Å². The van der Waals surface area contributed by atoms with Crippen LogP contribution in [-0.2, 0) is 4.79 Å². The van der Waals surface area contributed by atoms with Gasteiger partial charge in [-0.05, 0) is 36.8 Å². The van der Waals surface area contributed by atoms with Crippen LogP contribution >= 0.6 is 11.8 Å². The summed E-state index contributed by atoms with van der Waals surface area (Å²) in [6.45, 7) is 1.74. The standard InChI is InChI=1S/C22H18N4O6S/c1-14-8-9-18(26(31)32)12-20(14)24-21(27)13-33-19-7-3-5-16(11-19)23-22(28)15-4-2-6-17(10-15)25(29)30/h2-12H,13H2,1H3,(H,23,28)(H,24,27). The summed E-state index contributed by atoms with van der Waals surface area (Å²) in [5.41, 5.74) is 1.38. The molecule has 10 nitrogen and oxygen atoms in total. The number of anilines is 2. The normalized spacial score (nSPS) is 10.3. The Bertz CT molecular complexity index is 1250. The van der Waals surface area contributed by atoms with Crippen molar-refractivity contribution in [2.45, 2.75) is 11.8 Å². The smallest absolute Gasteiger partial charge is 0.271 e. The van der Waals surface area contributed by atoms with E-state index in [4.69, 9.17) is 0 Å². The van der Waals surface area contributed by atoms with E-state index in [-0.39, 0.29) is 28.6 Å². The third kappa shape index (κ3) is 6.37. The number of nitro benzene ring substituents is 2. The number of nitro groups is 2. The molecule has 0 saturated carbocycles. The Morgan fingerprint density at radius 2 is 1.58 bits per heavy atom. The van der Waals surface area contributed by atoms with Gasteiger partial charge in [0.1, 0.15) is 0 Å². The quantitative estimate of drug-likeness (QED) is 0.276. The Kier molecular flexibility index (Phi) is 7.36. The number of carbonyl (C=O) groups is 2. The number of benzene rings is 3. The Labute approximate surface area is 192 Å². The highest BCUT2D eigenvalue weighted by Crippen LogP contribution is 2.25. The average molecular weight is 466 g/mol. The molecule has 3 aromatic rings. The number of carbonyl (C=O) groups excluding carboxylic acids is 2. The number of amides is 2. The van der Waals surface area contributed by atoms with Crippen molar-refractivity contribution < 1.29 is 19.4 Å². The molecule has 0 aliphatic rings. The fraction of sp³-hybridized carbons (Fsp3) is 0.0909. The highest BCUT2D eigenvalue weighted by molar-refractivity contribution is 8.00. The molecule has 2 N–H and O–H groups in total. The van der Waals surface area contributed by atoms with Crippen molar-refractivity contribution in [3.8, 4) is 0 Å². The van der Waals surface area contributed by atoms with Crippen LogP contribution in [0.25, 0.3) is 0 Å². The van der Waals surface area contributed by atoms with Gasteiger partial charge in [0.2, 0.25) is 5.91 Å². The molecule has 0 fully saturated rings. The number of nitrogens with zero attached hydrogens (tertiary/aromatic N) is 2. The van der Waals surface area contributed by atoms with Crippen LogP contribution in [0.3, 0.4) is 0 Å². The number of nitrogens with one attached hydrogen (secondary N) is 2. The predicted molar refractivity (Wildman–Crippen MR) is 125 cm³/mol. The monoisotopic (exact) mass is 466 g/mol. The van der Waals surface area contributed by atoms with Gasteiger partial charge in [0.25, 0.3) is 17.3 Å². The van der Waals surface area contributed by atoms with Gasteiger partial charge in [-0.15, -0.1) is 11.8 Å². The summed E-state index contributed by atoms with van der Waals surface area (Å²) in [7, 11) is 0. The first kappa shape index (κ1) is 23.4. The summed E-state index contributed by atoms with van der Waals surface area (Å²) in [4.78, 5) is 46.2. The SMILES string of the molecule is Cc1ccc([N+](=O)[O-])cc1NC(=O)CSc1cccc(NC(=O)c2cccc([N+](=O)[O-])c2)c1. The van der Waals surface area contributed by atoms with Crippen LogP contribution in [0, 0.1) is 27.2 Å². The van der Waals surface area contributed by atoms with Gasteiger partial charge >= 0.3 is 0 Å². The minimum atomic E-state index is -0.575. The first-order valence-electron chi connectivity index (χ1n) is 9.56. The molecule has 0 unspecified atom stereocenters. The van der Waals surface area contributed by atoms with Crippen LogP contribution in [-0.4, -0.2) is 27.4 Å². The second kappa shape index (κ2) is 10.4. The van der Waals surface area contributed by atoms with Crippen molar-refractivity contribution in [2.75, 3.05) is 16.4 Å². The molecule has 0 atom stereocenters. The zero-order valence-electron chi connectivity index (χ0n) is 17.3. The van der Waals surface area contributed by atoms with Crippen molar-refractivity contribution in [3.63, 3.8) is 0 Å². The first-order valence-corrected chi connectivity index (χ1v) is 10.5. The zero-order chi connectivity index (χ0) is 24.0. The molecule has 0 radical (unpaired) electrons. The molecule has 3 aromatic carbocycles. The molecule has 0 saturated heterocycles. The van der Waals surface area contributed by atoms with Crippen LogP contribution in [0.5, 0.6) is 0 Å². The average Bonchev–Trinajstić information content (AvgIpc) is 2.79. The molecule has 0 aliphatic carbocycles. The van der Waals surface area contributed by atoms with Gasteiger partial charge in [-0.2, -0.15) is 0 Å². The maximum atomic E-state index is 12.4. The summed E-state index contributed by atoms with van der Waals surface area (Å²) in [5, 5.41) is 27.2. The summed E-state index contributed by atoms with van der Waals surface area (Å²) in [5.74, 6) is -0.793. The van der Waals surface area contributed by atoms with Crippen molar-refractivity contribution in [1.29, 1.82) is 0 Å². The van der Waals surface area contributed by atoms with E-state index in [1.807, 2.05) is 0 Å². The van der Waals surface area contributed by atoms with Gasteiger partial charge in [0.15, 0.2) is 0 Å². The lowest BCUT2D eigenvalue weighted by atomic mass is 10.2. The van der Waals surface area contributed by atoms with Gasteiger partial charge in [-0.25, -0.2) is 0 Å². The maximum absolute atomic E-state index is 12.4. The van der Waals surface area contributed by atoms with Crippen molar-refractivity contribution in [2.24, 2.45) is 0 Å². The predicted octanol–water partition coefficient (Wildman–Crippen LogP) is 4.79. The molecule has 0 spiro atoms. The molecule has 0 heterocycles. The first-order chi connectivity index (χ1) is 15.7. The van der Waals surface area contributed by atoms with Gasteiger partial charge in [0.05, 0.1) is 21.3 Å². The molecule has 0 aliphatic heterocycles. The van der Waals surface area contributed by atoms with E-state index >= 15 is 0 Å². The maximum Gasteiger partial charge on any atom is 0.271 e. The Balaban J connectivity index is 1.61. The molecular formula is C22H18N4O6S. The summed E-state index contributed by atoms with van der Waals surface area (Å²) >= 11 is 1.22. The largest absolute Gasteiger partial charge is 0.325 e. The number of aryl methyl sites for hydroxylation is 1. The number of non-ortho nitro benzene ring substituents is 2. The molecular weight excluding hydrogens is 448 g/mol. The minimum Gasteiger partial charge on any atom is -0.325 e. The second-order valence-corrected chi connectivity index (χ2v) is 7.93. The van der Waals surface area contributed by atoms with Crippen LogP contribution in [0.4, 0.5) is 22.7 Å². The Morgan fingerprint density at radius 3 is 2.30 bits per heavy atom. The van der Waals surface area contributed by atoms with Crippen LogP contribution in [0.15, 0.2) is 71.6 Å². The van der Waals surface area contributed by atoms with Gasteiger partial charge < -0.3 is 10.6 Å². The van der Waals surface area contributed by atoms with E-state index in [2.05, 4.69) is 10.6 Å². The van der Waals surface area contributed by atoms with E-state index < -0.39 is 15.8 Å². The third-order valence-electron chi connectivity index (χ3n) is 4.49. The molecule has 168 valence electrons. The summed E-state index contributed by atoms with van der Waals surface area (Å²) in [6.07, 6.45) is 0. The Hall–Kier alpha value is -4.25. The van der Waals surface area contributed by atoms with Crippen LogP contribution in [0.2, 0.25) is 0 Å². The molecule has 11 heteroatoms. The topological polar surface area (TPSA) is 144 Å². The highest BCUT2D eigenvalue weighted by atomic mass is 32.2. The summed E-state index contributed by atoms with van der Waals surface area (Å²) < 4.78 is 0. The van der Waals surface area contributed by atoms with Gasteiger partial charge in [-0.3, -0.25) is 29.8 Å². The third-order valence-corrected chi connectivity index (χ3v) is 5.48. The number of hydrogen-bond donors (Lipinski definition) is 2. The van der Waals surface area contributed by atoms with Crippen LogP contribution in [0.1, 0.15) is 15.9 Å². The lowest BCUT2D eigenvalue weighted by molar-refractivity contribution is -0.385. The lowest BCUT2D eigenvalue weighted by Crippen LogP contribution is -2.15. The van der Waals surface area contributed by atoms with Crippen LogP contribution < -0.4 is 10.6 Å². The van der Waals surface area contributed by atoms with E-state index in [1.54, 1.807) is 37.3 Å². The van der Waals surface area contributed by atoms with E-state index in [0.717, 1.165) is 0 Å². The second-order valence-electron chi connectivity index (χ2n) is 6.88. The van der Waals surface area contributed by atoms with Crippen molar-refractivity contribution in [1.82, 2.24) is 0 Å². The number of hydrogen-bond acceptors (Lipinski definition) is 7. The molecule has 3 rings (SSSR count). The minimum absolute atomic E-state index is 0.0460. The number of thioether (sulfide) groups is 1. The van der Waals surface area contributed by atoms with E-state index in [1.165, 1.54) is 48.2 Å². The molecule has 2 amide bonds. The molecule has 33 heavy (non-hydrogen) atoms. The highest BCUT2D eigenvalue weighted by Gasteiger charge is 2.13. The molecule has 0 aromatic heterocycles.